The Bertz CT molecular complexity index is 584. The lowest BCUT2D eigenvalue weighted by Crippen LogP contribution is -2.30. The van der Waals surface area contributed by atoms with E-state index in [0.29, 0.717) is 31.4 Å². The molecule has 0 radical (unpaired) electrons. The van der Waals surface area contributed by atoms with E-state index in [1.54, 1.807) is 0 Å². The van der Waals surface area contributed by atoms with Crippen molar-refractivity contribution in [1.82, 2.24) is 0 Å². The van der Waals surface area contributed by atoms with Gasteiger partial charge in [0.1, 0.15) is 5.75 Å². The van der Waals surface area contributed by atoms with Gasteiger partial charge in [0.25, 0.3) is 0 Å². The molecule has 2 fully saturated rings. The van der Waals surface area contributed by atoms with Crippen LogP contribution in [0.25, 0.3) is 0 Å². The normalized spacial score (nSPS) is 23.0. The first-order valence-electron chi connectivity index (χ1n) is 7.72. The molecule has 2 saturated carbocycles. The van der Waals surface area contributed by atoms with Crippen LogP contribution in [0.5, 0.6) is 5.75 Å². The van der Waals surface area contributed by atoms with Gasteiger partial charge >= 0.3 is 5.97 Å². The standard InChI is InChI=1S/C17H20F2O3/c1-11-2-3-13(12-4-6-17(18,19)7-5-12)14(10-11)22-16(8-9-16)15(20)21/h2-3,10,12H,4-9H2,1H3,(H,20,21). The Balaban J connectivity index is 1.84. The molecule has 3 nitrogen and oxygen atoms in total. The number of aliphatic carboxylic acids is 1. The summed E-state index contributed by atoms with van der Waals surface area (Å²) in [5.41, 5.74) is 0.732. The number of aryl methyl sites for hydroxylation is 1. The molecule has 2 aliphatic rings. The first-order valence-corrected chi connectivity index (χ1v) is 7.72. The molecular formula is C17H20F2O3. The van der Waals surface area contributed by atoms with E-state index in [2.05, 4.69) is 0 Å². The SMILES string of the molecule is Cc1ccc(C2CCC(F)(F)CC2)c(OC2(C(=O)O)CC2)c1. The van der Waals surface area contributed by atoms with Crippen LogP contribution in [0, 0.1) is 6.92 Å². The maximum absolute atomic E-state index is 13.3. The van der Waals surface area contributed by atoms with Crippen molar-refractivity contribution in [2.45, 2.75) is 62.9 Å². The van der Waals surface area contributed by atoms with Crippen LogP contribution in [0.1, 0.15) is 55.6 Å². The van der Waals surface area contributed by atoms with Gasteiger partial charge in [0.05, 0.1) is 0 Å². The summed E-state index contributed by atoms with van der Waals surface area (Å²) in [6.07, 6.45) is 1.58. The molecule has 2 aliphatic carbocycles. The zero-order valence-corrected chi connectivity index (χ0v) is 12.6. The van der Waals surface area contributed by atoms with Crippen LogP contribution >= 0.6 is 0 Å². The van der Waals surface area contributed by atoms with Crippen molar-refractivity contribution in [3.63, 3.8) is 0 Å². The molecule has 0 unspecified atom stereocenters. The second-order valence-electron chi connectivity index (χ2n) is 6.57. The molecule has 3 rings (SSSR count). The van der Waals surface area contributed by atoms with Crippen LogP contribution in [0.2, 0.25) is 0 Å². The quantitative estimate of drug-likeness (QED) is 0.902. The molecule has 5 heteroatoms. The first kappa shape index (κ1) is 15.3. The van der Waals surface area contributed by atoms with Crippen LogP contribution in [-0.2, 0) is 4.79 Å². The number of benzene rings is 1. The second kappa shape index (κ2) is 5.21. The van der Waals surface area contributed by atoms with Gasteiger partial charge in [-0.05, 0) is 42.9 Å². The number of rotatable bonds is 4. The summed E-state index contributed by atoms with van der Waals surface area (Å²) in [6.45, 7) is 1.91. The summed E-state index contributed by atoms with van der Waals surface area (Å²) in [7, 11) is 0. The van der Waals surface area contributed by atoms with E-state index in [1.807, 2.05) is 25.1 Å². The van der Waals surface area contributed by atoms with Gasteiger partial charge in [-0.15, -0.1) is 0 Å². The van der Waals surface area contributed by atoms with Crippen LogP contribution in [0.3, 0.4) is 0 Å². The Kier molecular flexibility index (Phi) is 3.62. The predicted octanol–water partition coefficient (Wildman–Crippen LogP) is 4.28. The van der Waals surface area contributed by atoms with Gasteiger partial charge in [0, 0.05) is 25.7 Å². The fraction of sp³-hybridized carbons (Fsp3) is 0.588. The maximum Gasteiger partial charge on any atom is 0.348 e. The number of hydrogen-bond donors (Lipinski definition) is 1. The second-order valence-corrected chi connectivity index (χ2v) is 6.57. The average Bonchev–Trinajstić information content (AvgIpc) is 3.21. The first-order chi connectivity index (χ1) is 10.3. The number of carboxylic acids is 1. The Hall–Kier alpha value is -1.65. The maximum atomic E-state index is 13.3. The van der Waals surface area contributed by atoms with Crippen LogP contribution in [0.15, 0.2) is 18.2 Å². The molecule has 120 valence electrons. The zero-order chi connectivity index (χ0) is 16.0. The topological polar surface area (TPSA) is 46.5 Å². The van der Waals surface area contributed by atoms with E-state index in [0.717, 1.165) is 11.1 Å². The molecule has 0 bridgehead atoms. The Morgan fingerprint density at radius 3 is 2.41 bits per heavy atom. The lowest BCUT2D eigenvalue weighted by Gasteiger charge is -2.30. The smallest absolute Gasteiger partial charge is 0.348 e. The van der Waals surface area contributed by atoms with Crippen molar-refractivity contribution in [2.75, 3.05) is 0 Å². The van der Waals surface area contributed by atoms with Crippen molar-refractivity contribution in [3.05, 3.63) is 29.3 Å². The van der Waals surface area contributed by atoms with Crippen molar-refractivity contribution in [2.24, 2.45) is 0 Å². The third-order valence-corrected chi connectivity index (χ3v) is 4.73. The monoisotopic (exact) mass is 310 g/mol. The molecule has 22 heavy (non-hydrogen) atoms. The van der Waals surface area contributed by atoms with Gasteiger partial charge in [-0.2, -0.15) is 0 Å². The molecule has 0 amide bonds. The minimum absolute atomic E-state index is 0.0137. The Morgan fingerprint density at radius 1 is 1.23 bits per heavy atom. The highest BCUT2D eigenvalue weighted by Crippen LogP contribution is 2.47. The van der Waals surface area contributed by atoms with Crippen molar-refractivity contribution in [3.8, 4) is 5.75 Å². The van der Waals surface area contributed by atoms with Gasteiger partial charge in [0.15, 0.2) is 0 Å². The predicted molar refractivity (Wildman–Crippen MR) is 77.6 cm³/mol. The van der Waals surface area contributed by atoms with Gasteiger partial charge in [-0.25, -0.2) is 13.6 Å². The summed E-state index contributed by atoms with van der Waals surface area (Å²) in [5, 5.41) is 9.28. The lowest BCUT2D eigenvalue weighted by molar-refractivity contribution is -0.147. The largest absolute Gasteiger partial charge is 0.478 e. The minimum Gasteiger partial charge on any atom is -0.478 e. The number of carbonyl (C=O) groups is 1. The summed E-state index contributed by atoms with van der Waals surface area (Å²) in [6, 6.07) is 5.65. The highest BCUT2D eigenvalue weighted by molar-refractivity contribution is 5.81. The fourth-order valence-electron chi connectivity index (χ4n) is 3.10. The molecule has 1 N–H and O–H groups in total. The molecular weight excluding hydrogens is 290 g/mol. The van der Waals surface area contributed by atoms with Gasteiger partial charge < -0.3 is 9.84 Å². The number of carboxylic acid groups (broad SMARTS) is 1. The van der Waals surface area contributed by atoms with Crippen molar-refractivity contribution < 1.29 is 23.4 Å². The molecule has 0 heterocycles. The molecule has 0 aromatic heterocycles. The summed E-state index contributed by atoms with van der Waals surface area (Å²) in [5.74, 6) is -2.95. The van der Waals surface area contributed by atoms with E-state index in [1.165, 1.54) is 0 Å². The summed E-state index contributed by atoms with van der Waals surface area (Å²) in [4.78, 5) is 11.3. The van der Waals surface area contributed by atoms with E-state index < -0.39 is 17.5 Å². The van der Waals surface area contributed by atoms with E-state index in [4.69, 9.17) is 4.74 Å². The Labute approximate surface area is 128 Å². The third-order valence-electron chi connectivity index (χ3n) is 4.73. The summed E-state index contributed by atoms with van der Waals surface area (Å²) >= 11 is 0. The number of halogens is 2. The summed E-state index contributed by atoms with van der Waals surface area (Å²) < 4.78 is 32.5. The number of ether oxygens (including phenoxy) is 1. The zero-order valence-electron chi connectivity index (χ0n) is 12.6. The van der Waals surface area contributed by atoms with Gasteiger partial charge in [-0.3, -0.25) is 0 Å². The van der Waals surface area contributed by atoms with E-state index in [9.17, 15) is 18.7 Å². The third kappa shape index (κ3) is 2.94. The van der Waals surface area contributed by atoms with Crippen LogP contribution in [-0.4, -0.2) is 22.6 Å². The average molecular weight is 310 g/mol. The minimum atomic E-state index is -2.57. The van der Waals surface area contributed by atoms with Crippen molar-refractivity contribution in [1.29, 1.82) is 0 Å². The number of alkyl halides is 2. The van der Waals surface area contributed by atoms with Crippen LogP contribution in [0.4, 0.5) is 8.78 Å². The molecule has 0 aliphatic heterocycles. The Morgan fingerprint density at radius 2 is 1.86 bits per heavy atom. The number of hydrogen-bond acceptors (Lipinski definition) is 2. The molecule has 0 atom stereocenters. The fourth-order valence-corrected chi connectivity index (χ4v) is 3.10. The van der Waals surface area contributed by atoms with Crippen LogP contribution < -0.4 is 4.74 Å². The van der Waals surface area contributed by atoms with E-state index in [-0.39, 0.29) is 18.8 Å². The van der Waals surface area contributed by atoms with E-state index >= 15 is 0 Å². The lowest BCUT2D eigenvalue weighted by atomic mass is 9.81. The van der Waals surface area contributed by atoms with Crippen molar-refractivity contribution >= 4 is 5.97 Å². The highest BCUT2D eigenvalue weighted by Gasteiger charge is 2.54. The van der Waals surface area contributed by atoms with Gasteiger partial charge in [-0.1, -0.05) is 12.1 Å². The highest BCUT2D eigenvalue weighted by atomic mass is 19.3. The molecule has 1 aromatic rings. The van der Waals surface area contributed by atoms with Gasteiger partial charge in [0.2, 0.25) is 11.5 Å². The molecule has 0 saturated heterocycles. The molecule has 0 spiro atoms. The molecule has 1 aromatic carbocycles.